The SMILES string of the molecule is COc1ccc(C(C)NC(=O)Cc2ccc(S(=O)(=O)N3CCCC3)s2)c(OC)c1. The Morgan fingerprint density at radius 3 is 2.55 bits per heavy atom. The lowest BCUT2D eigenvalue weighted by Gasteiger charge is -2.18. The third kappa shape index (κ3) is 4.91. The van der Waals surface area contributed by atoms with Gasteiger partial charge in [0.15, 0.2) is 0 Å². The molecule has 0 spiro atoms. The summed E-state index contributed by atoms with van der Waals surface area (Å²) in [6.07, 6.45) is 1.92. The molecular weight excluding hydrogens is 412 g/mol. The molecular formula is C20H26N2O5S2. The zero-order chi connectivity index (χ0) is 21.0. The van der Waals surface area contributed by atoms with Crippen molar-refractivity contribution < 1.29 is 22.7 Å². The van der Waals surface area contributed by atoms with Gasteiger partial charge in [0.2, 0.25) is 5.91 Å². The molecule has 9 heteroatoms. The molecule has 1 fully saturated rings. The number of thiophene rings is 1. The van der Waals surface area contributed by atoms with Crippen molar-refractivity contribution in [2.24, 2.45) is 0 Å². The van der Waals surface area contributed by atoms with Crippen molar-refractivity contribution in [3.8, 4) is 11.5 Å². The van der Waals surface area contributed by atoms with Crippen LogP contribution < -0.4 is 14.8 Å². The first kappa shape index (κ1) is 21.6. The summed E-state index contributed by atoms with van der Waals surface area (Å²) in [7, 11) is -0.291. The van der Waals surface area contributed by atoms with Gasteiger partial charge in [0, 0.05) is 29.6 Å². The maximum absolute atomic E-state index is 12.6. The van der Waals surface area contributed by atoms with Gasteiger partial charge in [-0.2, -0.15) is 4.31 Å². The molecule has 1 aromatic heterocycles. The number of carbonyl (C=O) groups is 1. The number of methoxy groups -OCH3 is 2. The normalized spacial score (nSPS) is 15.8. The minimum Gasteiger partial charge on any atom is -0.497 e. The monoisotopic (exact) mass is 438 g/mol. The van der Waals surface area contributed by atoms with Crippen molar-refractivity contribution in [3.63, 3.8) is 0 Å². The zero-order valence-corrected chi connectivity index (χ0v) is 18.4. The van der Waals surface area contributed by atoms with Gasteiger partial charge in [-0.3, -0.25) is 4.79 Å². The number of hydrogen-bond donors (Lipinski definition) is 1. The van der Waals surface area contributed by atoms with Crippen molar-refractivity contribution >= 4 is 27.3 Å². The fourth-order valence-corrected chi connectivity index (χ4v) is 6.38. The van der Waals surface area contributed by atoms with E-state index in [4.69, 9.17) is 9.47 Å². The largest absolute Gasteiger partial charge is 0.497 e. The molecule has 1 aliphatic heterocycles. The van der Waals surface area contributed by atoms with E-state index in [0.717, 1.165) is 29.7 Å². The number of sulfonamides is 1. The van der Waals surface area contributed by atoms with Crippen LogP contribution in [0.2, 0.25) is 0 Å². The Balaban J connectivity index is 1.65. The Kier molecular flexibility index (Phi) is 6.81. The first-order valence-electron chi connectivity index (χ1n) is 9.45. The Bertz CT molecular complexity index is 965. The van der Waals surface area contributed by atoms with Crippen molar-refractivity contribution in [1.29, 1.82) is 0 Å². The summed E-state index contributed by atoms with van der Waals surface area (Å²) < 4.78 is 37.7. The third-order valence-electron chi connectivity index (χ3n) is 4.92. The summed E-state index contributed by atoms with van der Waals surface area (Å²) in [5.41, 5.74) is 0.838. The molecule has 7 nitrogen and oxygen atoms in total. The van der Waals surface area contributed by atoms with Crippen molar-refractivity contribution in [2.75, 3.05) is 27.3 Å². The standard InChI is InChI=1S/C20H26N2O5S2/c1-14(17-8-6-15(26-2)12-18(17)27-3)21-19(23)13-16-7-9-20(28-16)29(24,25)22-10-4-5-11-22/h6-9,12,14H,4-5,10-11,13H2,1-3H3,(H,21,23). The van der Waals surface area contributed by atoms with Gasteiger partial charge >= 0.3 is 0 Å². The molecule has 1 unspecified atom stereocenters. The highest BCUT2D eigenvalue weighted by atomic mass is 32.2. The van der Waals surface area contributed by atoms with Crippen molar-refractivity contribution in [1.82, 2.24) is 9.62 Å². The second-order valence-electron chi connectivity index (χ2n) is 6.91. The maximum Gasteiger partial charge on any atom is 0.252 e. The highest BCUT2D eigenvalue weighted by Crippen LogP contribution is 2.30. The number of benzene rings is 1. The predicted molar refractivity (Wildman–Crippen MR) is 112 cm³/mol. The van der Waals surface area contributed by atoms with Gasteiger partial charge in [0.1, 0.15) is 15.7 Å². The summed E-state index contributed by atoms with van der Waals surface area (Å²) >= 11 is 1.16. The first-order valence-corrected chi connectivity index (χ1v) is 11.7. The number of hydrogen-bond acceptors (Lipinski definition) is 6. The molecule has 1 aliphatic rings. The van der Waals surface area contributed by atoms with Gasteiger partial charge < -0.3 is 14.8 Å². The van der Waals surface area contributed by atoms with Crippen LogP contribution in [-0.2, 0) is 21.2 Å². The molecule has 1 amide bonds. The van der Waals surface area contributed by atoms with E-state index in [9.17, 15) is 13.2 Å². The highest BCUT2D eigenvalue weighted by Gasteiger charge is 2.28. The number of rotatable bonds is 8. The second kappa shape index (κ2) is 9.15. The van der Waals surface area contributed by atoms with E-state index >= 15 is 0 Å². The van der Waals surface area contributed by atoms with Crippen LogP contribution >= 0.6 is 11.3 Å². The van der Waals surface area contributed by atoms with Crippen molar-refractivity contribution in [3.05, 3.63) is 40.8 Å². The third-order valence-corrected chi connectivity index (χ3v) is 8.37. The smallest absolute Gasteiger partial charge is 0.252 e. The Morgan fingerprint density at radius 1 is 1.17 bits per heavy atom. The Morgan fingerprint density at radius 2 is 1.90 bits per heavy atom. The van der Waals surface area contributed by atoms with E-state index in [2.05, 4.69) is 5.32 Å². The van der Waals surface area contributed by atoms with Crippen LogP contribution in [-0.4, -0.2) is 45.9 Å². The molecule has 1 atom stereocenters. The van der Waals surface area contributed by atoms with Gasteiger partial charge in [-0.25, -0.2) is 8.42 Å². The van der Waals surface area contributed by atoms with Gasteiger partial charge in [-0.15, -0.1) is 11.3 Å². The molecule has 1 aromatic carbocycles. The molecule has 1 N–H and O–H groups in total. The lowest BCUT2D eigenvalue weighted by Crippen LogP contribution is -2.28. The Hall–Kier alpha value is -2.10. The molecule has 1 saturated heterocycles. The van der Waals surface area contributed by atoms with E-state index < -0.39 is 10.0 Å². The topological polar surface area (TPSA) is 84.9 Å². The zero-order valence-electron chi connectivity index (χ0n) is 16.8. The fraction of sp³-hybridized carbons (Fsp3) is 0.450. The molecule has 3 rings (SSSR count). The highest BCUT2D eigenvalue weighted by molar-refractivity contribution is 7.91. The molecule has 2 heterocycles. The summed E-state index contributed by atoms with van der Waals surface area (Å²) in [5.74, 6) is 1.13. The molecule has 29 heavy (non-hydrogen) atoms. The average molecular weight is 439 g/mol. The van der Waals surface area contributed by atoms with E-state index in [-0.39, 0.29) is 18.4 Å². The summed E-state index contributed by atoms with van der Waals surface area (Å²) in [5, 5.41) is 2.95. The van der Waals surface area contributed by atoms with Gasteiger partial charge in [0.05, 0.1) is 26.7 Å². The van der Waals surface area contributed by atoms with Crippen LogP contribution in [0.1, 0.15) is 36.2 Å². The number of nitrogens with zero attached hydrogens (tertiary/aromatic N) is 1. The molecule has 0 saturated carbocycles. The second-order valence-corrected chi connectivity index (χ2v) is 10.2. The fourth-order valence-electron chi connectivity index (χ4n) is 3.35. The Labute approximate surface area is 175 Å². The molecule has 0 radical (unpaired) electrons. The van der Waals surface area contributed by atoms with Gasteiger partial charge in [-0.05, 0) is 44.0 Å². The molecule has 0 aliphatic carbocycles. The van der Waals surface area contributed by atoms with E-state index in [1.165, 1.54) is 4.31 Å². The molecule has 2 aromatic rings. The van der Waals surface area contributed by atoms with Crippen LogP contribution in [0, 0.1) is 0 Å². The van der Waals surface area contributed by atoms with Gasteiger partial charge in [-0.1, -0.05) is 0 Å². The quantitative estimate of drug-likeness (QED) is 0.685. The summed E-state index contributed by atoms with van der Waals surface area (Å²) in [4.78, 5) is 13.2. The lowest BCUT2D eigenvalue weighted by atomic mass is 10.1. The first-order chi connectivity index (χ1) is 13.8. The summed E-state index contributed by atoms with van der Waals surface area (Å²) in [6, 6.07) is 8.48. The van der Waals surface area contributed by atoms with Crippen molar-refractivity contribution in [2.45, 2.75) is 36.4 Å². The molecule has 158 valence electrons. The molecule has 0 bridgehead atoms. The lowest BCUT2D eigenvalue weighted by molar-refractivity contribution is -0.121. The van der Waals surface area contributed by atoms with Crippen LogP contribution in [0.5, 0.6) is 11.5 Å². The minimum atomic E-state index is -3.44. The summed E-state index contributed by atoms with van der Waals surface area (Å²) in [6.45, 7) is 3.01. The van der Waals surface area contributed by atoms with Crippen LogP contribution in [0.25, 0.3) is 0 Å². The van der Waals surface area contributed by atoms with Crippen LogP contribution in [0.3, 0.4) is 0 Å². The van der Waals surface area contributed by atoms with Crippen LogP contribution in [0.4, 0.5) is 0 Å². The van der Waals surface area contributed by atoms with Gasteiger partial charge in [0.25, 0.3) is 10.0 Å². The van der Waals surface area contributed by atoms with E-state index in [0.29, 0.717) is 33.7 Å². The predicted octanol–water partition coefficient (Wildman–Crippen LogP) is 2.97. The average Bonchev–Trinajstić information content (AvgIpc) is 3.40. The maximum atomic E-state index is 12.6. The van der Waals surface area contributed by atoms with E-state index in [1.807, 2.05) is 19.1 Å². The number of amides is 1. The minimum absolute atomic E-state index is 0.128. The van der Waals surface area contributed by atoms with E-state index in [1.54, 1.807) is 32.4 Å². The number of nitrogens with one attached hydrogen (secondary N) is 1. The number of ether oxygens (including phenoxy) is 2. The number of carbonyl (C=O) groups excluding carboxylic acids is 1. The van der Waals surface area contributed by atoms with Crippen LogP contribution in [0.15, 0.2) is 34.5 Å².